The summed E-state index contributed by atoms with van der Waals surface area (Å²) in [5, 5.41) is 0. The third kappa shape index (κ3) is 7.89. The SMILES string of the molecule is CCCCOc1ccc(/C=C/C(=O)Oc2ccc(/C=C/C(=O)c3ccc(F)cc3)cc2)cc1. The molecule has 0 saturated carbocycles. The molecular weight excluding hydrogens is 419 g/mol. The van der Waals surface area contributed by atoms with Gasteiger partial charge >= 0.3 is 5.97 Å². The Balaban J connectivity index is 1.50. The zero-order chi connectivity index (χ0) is 23.5. The summed E-state index contributed by atoms with van der Waals surface area (Å²) in [6.07, 6.45) is 8.20. The van der Waals surface area contributed by atoms with E-state index in [1.807, 2.05) is 24.3 Å². The molecule has 0 amide bonds. The van der Waals surface area contributed by atoms with Gasteiger partial charge in [0.05, 0.1) is 6.61 Å². The maximum Gasteiger partial charge on any atom is 0.336 e. The van der Waals surface area contributed by atoms with Crippen molar-refractivity contribution in [3.8, 4) is 11.5 Å². The zero-order valence-corrected chi connectivity index (χ0v) is 18.4. The number of halogens is 1. The maximum absolute atomic E-state index is 13.0. The molecule has 3 rings (SSSR count). The van der Waals surface area contributed by atoms with Gasteiger partial charge in [-0.15, -0.1) is 0 Å². The van der Waals surface area contributed by atoms with Crippen molar-refractivity contribution in [1.29, 1.82) is 0 Å². The Bertz CT molecular complexity index is 1110. The lowest BCUT2D eigenvalue weighted by Crippen LogP contribution is -2.03. The topological polar surface area (TPSA) is 52.6 Å². The number of hydrogen-bond acceptors (Lipinski definition) is 4. The molecule has 33 heavy (non-hydrogen) atoms. The Kier molecular flexibility index (Phi) is 8.71. The predicted octanol–water partition coefficient (Wildman–Crippen LogP) is 6.52. The van der Waals surface area contributed by atoms with Gasteiger partial charge in [-0.1, -0.05) is 43.7 Å². The van der Waals surface area contributed by atoms with Gasteiger partial charge in [0.1, 0.15) is 17.3 Å². The lowest BCUT2D eigenvalue weighted by molar-refractivity contribution is -0.128. The highest BCUT2D eigenvalue weighted by atomic mass is 19.1. The van der Waals surface area contributed by atoms with Crippen molar-refractivity contribution in [3.63, 3.8) is 0 Å². The lowest BCUT2D eigenvalue weighted by atomic mass is 10.1. The number of ether oxygens (including phenoxy) is 2. The second-order valence-corrected chi connectivity index (χ2v) is 7.30. The Morgan fingerprint density at radius 3 is 1.97 bits per heavy atom. The van der Waals surface area contributed by atoms with Gasteiger partial charge in [-0.2, -0.15) is 0 Å². The van der Waals surface area contributed by atoms with Crippen LogP contribution < -0.4 is 9.47 Å². The highest BCUT2D eigenvalue weighted by Crippen LogP contribution is 2.16. The third-order valence-electron chi connectivity index (χ3n) is 4.71. The number of unbranched alkanes of at least 4 members (excludes halogenated alkanes) is 1. The molecule has 0 aliphatic carbocycles. The summed E-state index contributed by atoms with van der Waals surface area (Å²) in [6, 6.07) is 19.6. The molecule has 3 aromatic rings. The minimum Gasteiger partial charge on any atom is -0.494 e. The molecule has 0 saturated heterocycles. The fourth-order valence-electron chi connectivity index (χ4n) is 2.85. The Labute approximate surface area is 193 Å². The standard InChI is InChI=1S/C28H25FO4/c1-2-3-20-32-25-14-4-22(5-15-25)9-19-28(31)33-26-16-6-21(7-17-26)8-18-27(30)23-10-12-24(29)13-11-23/h4-19H,2-3,20H2,1H3/b18-8+,19-9+. The van der Waals surface area contributed by atoms with E-state index in [0.717, 1.165) is 29.7 Å². The summed E-state index contributed by atoms with van der Waals surface area (Å²) in [4.78, 5) is 24.2. The molecule has 3 aromatic carbocycles. The summed E-state index contributed by atoms with van der Waals surface area (Å²) in [5.74, 6) is 0.0908. The molecule has 5 heteroatoms. The third-order valence-corrected chi connectivity index (χ3v) is 4.71. The molecule has 0 bridgehead atoms. The molecule has 0 heterocycles. The minimum atomic E-state index is -0.493. The Morgan fingerprint density at radius 1 is 0.788 bits per heavy atom. The van der Waals surface area contributed by atoms with Gasteiger partial charge in [0.25, 0.3) is 0 Å². The summed E-state index contributed by atoms with van der Waals surface area (Å²) in [5.41, 5.74) is 2.03. The van der Waals surface area contributed by atoms with E-state index in [4.69, 9.17) is 9.47 Å². The van der Waals surface area contributed by atoms with Crippen LogP contribution in [0.1, 0.15) is 41.3 Å². The van der Waals surface area contributed by atoms with Crippen molar-refractivity contribution in [2.75, 3.05) is 6.61 Å². The van der Waals surface area contributed by atoms with Crippen LogP contribution in [0.15, 0.2) is 84.9 Å². The molecular formula is C28H25FO4. The first-order chi connectivity index (χ1) is 16.0. The molecule has 0 fully saturated rings. The number of allylic oxidation sites excluding steroid dienone is 1. The van der Waals surface area contributed by atoms with Gasteiger partial charge in [0.15, 0.2) is 5.78 Å². The van der Waals surface area contributed by atoms with Gasteiger partial charge in [0, 0.05) is 11.6 Å². The summed E-state index contributed by atoms with van der Waals surface area (Å²) in [6.45, 7) is 2.80. The lowest BCUT2D eigenvalue weighted by Gasteiger charge is -2.05. The zero-order valence-electron chi connectivity index (χ0n) is 18.4. The van der Waals surface area contributed by atoms with Crippen molar-refractivity contribution in [2.45, 2.75) is 19.8 Å². The van der Waals surface area contributed by atoms with Crippen LogP contribution in [0, 0.1) is 5.82 Å². The number of hydrogen-bond donors (Lipinski definition) is 0. The van der Waals surface area contributed by atoms with Gasteiger partial charge in [0.2, 0.25) is 0 Å². The van der Waals surface area contributed by atoms with Crippen LogP contribution >= 0.6 is 0 Å². The summed E-state index contributed by atoms with van der Waals surface area (Å²) >= 11 is 0. The number of esters is 1. The van der Waals surface area contributed by atoms with E-state index in [9.17, 15) is 14.0 Å². The molecule has 0 aliphatic rings. The van der Waals surface area contributed by atoms with Crippen molar-refractivity contribution < 1.29 is 23.5 Å². The van der Waals surface area contributed by atoms with E-state index < -0.39 is 5.97 Å². The minimum absolute atomic E-state index is 0.226. The molecule has 0 spiro atoms. The maximum atomic E-state index is 13.0. The largest absolute Gasteiger partial charge is 0.494 e. The Morgan fingerprint density at radius 2 is 1.36 bits per heavy atom. The van der Waals surface area contributed by atoms with Crippen molar-refractivity contribution in [1.82, 2.24) is 0 Å². The molecule has 0 aromatic heterocycles. The van der Waals surface area contributed by atoms with Gasteiger partial charge in [-0.05, 0) is 78.2 Å². The van der Waals surface area contributed by atoms with Crippen LogP contribution in [-0.4, -0.2) is 18.4 Å². The molecule has 0 N–H and O–H groups in total. The molecule has 0 unspecified atom stereocenters. The van der Waals surface area contributed by atoms with Gasteiger partial charge in [-0.25, -0.2) is 9.18 Å². The van der Waals surface area contributed by atoms with Crippen molar-refractivity contribution >= 4 is 23.9 Å². The van der Waals surface area contributed by atoms with Crippen molar-refractivity contribution in [2.24, 2.45) is 0 Å². The fraction of sp³-hybridized carbons (Fsp3) is 0.143. The molecule has 0 atom stereocenters. The molecule has 0 aliphatic heterocycles. The van der Waals surface area contributed by atoms with E-state index in [2.05, 4.69) is 6.92 Å². The fourth-order valence-corrected chi connectivity index (χ4v) is 2.85. The average Bonchev–Trinajstić information content (AvgIpc) is 2.83. The smallest absolute Gasteiger partial charge is 0.336 e. The first-order valence-electron chi connectivity index (χ1n) is 10.7. The normalized spacial score (nSPS) is 11.1. The quantitative estimate of drug-likeness (QED) is 0.117. The number of carbonyl (C=O) groups is 2. The van der Waals surface area contributed by atoms with Crippen LogP contribution in [0.2, 0.25) is 0 Å². The van der Waals surface area contributed by atoms with Crippen LogP contribution in [0.3, 0.4) is 0 Å². The average molecular weight is 445 g/mol. The Hall–Kier alpha value is -3.99. The molecule has 168 valence electrons. The number of carbonyl (C=O) groups excluding carboxylic acids is 2. The summed E-state index contributed by atoms with van der Waals surface area (Å²) < 4.78 is 23.9. The number of ketones is 1. The van der Waals surface area contributed by atoms with Gasteiger partial charge < -0.3 is 9.47 Å². The first-order valence-corrected chi connectivity index (χ1v) is 10.7. The number of rotatable bonds is 10. The number of benzene rings is 3. The van der Waals surface area contributed by atoms with Crippen LogP contribution in [-0.2, 0) is 4.79 Å². The highest BCUT2D eigenvalue weighted by Gasteiger charge is 2.03. The van der Waals surface area contributed by atoms with E-state index in [-0.39, 0.29) is 11.6 Å². The van der Waals surface area contributed by atoms with Gasteiger partial charge in [-0.3, -0.25) is 4.79 Å². The highest BCUT2D eigenvalue weighted by molar-refractivity contribution is 6.06. The van der Waals surface area contributed by atoms with Crippen molar-refractivity contribution in [3.05, 3.63) is 107 Å². The van der Waals surface area contributed by atoms with E-state index in [0.29, 0.717) is 17.9 Å². The monoisotopic (exact) mass is 444 g/mol. The second-order valence-electron chi connectivity index (χ2n) is 7.30. The molecule has 0 radical (unpaired) electrons. The predicted molar refractivity (Wildman–Crippen MR) is 128 cm³/mol. The second kappa shape index (κ2) is 12.2. The van der Waals surface area contributed by atoms with E-state index in [1.165, 1.54) is 36.4 Å². The summed E-state index contributed by atoms with van der Waals surface area (Å²) in [7, 11) is 0. The van der Waals surface area contributed by atoms with Crippen LogP contribution in [0.4, 0.5) is 4.39 Å². The molecule has 4 nitrogen and oxygen atoms in total. The van der Waals surface area contributed by atoms with Crippen LogP contribution in [0.5, 0.6) is 11.5 Å². The van der Waals surface area contributed by atoms with Crippen LogP contribution in [0.25, 0.3) is 12.2 Å². The first kappa shape index (κ1) is 23.7. The van der Waals surface area contributed by atoms with E-state index >= 15 is 0 Å². The van der Waals surface area contributed by atoms with E-state index in [1.54, 1.807) is 36.4 Å².